The molecule has 1 N–H and O–H groups in total. The van der Waals surface area contributed by atoms with Crippen molar-refractivity contribution in [1.29, 1.82) is 0 Å². The summed E-state index contributed by atoms with van der Waals surface area (Å²) in [6, 6.07) is 25.5. The van der Waals surface area contributed by atoms with E-state index >= 15 is 0 Å². The molecule has 3 aromatic carbocycles. The Morgan fingerprint density at radius 1 is 0.885 bits per heavy atom. The van der Waals surface area contributed by atoms with Crippen LogP contribution in [0.4, 0.5) is 0 Å². The first-order valence-electron chi connectivity index (χ1n) is 8.86. The maximum atomic E-state index is 12.5. The molecule has 0 bridgehead atoms. The molecule has 1 amide bonds. The van der Waals surface area contributed by atoms with Gasteiger partial charge in [-0.1, -0.05) is 54.6 Å². The molecule has 0 saturated heterocycles. The lowest BCUT2D eigenvalue weighted by Gasteiger charge is -2.15. The van der Waals surface area contributed by atoms with Gasteiger partial charge >= 0.3 is 0 Å². The van der Waals surface area contributed by atoms with Crippen molar-refractivity contribution in [2.45, 2.75) is 19.9 Å². The van der Waals surface area contributed by atoms with E-state index in [0.29, 0.717) is 12.2 Å². The van der Waals surface area contributed by atoms with Gasteiger partial charge in [-0.3, -0.25) is 4.79 Å². The van der Waals surface area contributed by atoms with Crippen molar-refractivity contribution in [2.24, 2.45) is 0 Å². The van der Waals surface area contributed by atoms with Crippen LogP contribution in [0.3, 0.4) is 0 Å². The second-order valence-electron chi connectivity index (χ2n) is 6.14. The molecule has 26 heavy (non-hydrogen) atoms. The number of carbonyl (C=O) groups excluding carboxylic acids is 1. The third kappa shape index (κ3) is 4.31. The Balaban J connectivity index is 1.65. The molecule has 0 unspecified atom stereocenters. The molecule has 3 heteroatoms. The highest BCUT2D eigenvalue weighted by Crippen LogP contribution is 2.21. The smallest absolute Gasteiger partial charge is 0.251 e. The van der Waals surface area contributed by atoms with Gasteiger partial charge in [0.1, 0.15) is 5.75 Å². The van der Waals surface area contributed by atoms with Crippen molar-refractivity contribution in [1.82, 2.24) is 5.32 Å². The van der Waals surface area contributed by atoms with E-state index < -0.39 is 0 Å². The van der Waals surface area contributed by atoms with Crippen LogP contribution < -0.4 is 10.1 Å². The van der Waals surface area contributed by atoms with Gasteiger partial charge in [0.15, 0.2) is 0 Å². The molecular weight excluding hydrogens is 322 g/mol. The van der Waals surface area contributed by atoms with E-state index in [0.717, 1.165) is 22.4 Å². The standard InChI is InChI=1S/C23H23NO2/c1-3-26-22-15-13-18(14-16-22)17(2)24-23(25)21-11-9-20(10-12-21)19-7-5-4-6-8-19/h4-17H,3H2,1-2H3,(H,24,25)/t17-/m1/s1. The third-order valence-electron chi connectivity index (χ3n) is 4.29. The van der Waals surface area contributed by atoms with Crippen molar-refractivity contribution in [2.75, 3.05) is 6.61 Å². The van der Waals surface area contributed by atoms with E-state index in [2.05, 4.69) is 17.4 Å². The summed E-state index contributed by atoms with van der Waals surface area (Å²) >= 11 is 0. The van der Waals surface area contributed by atoms with Gasteiger partial charge in [0, 0.05) is 5.56 Å². The third-order valence-corrected chi connectivity index (χ3v) is 4.29. The summed E-state index contributed by atoms with van der Waals surface area (Å²) in [7, 11) is 0. The number of benzene rings is 3. The molecule has 1 atom stereocenters. The van der Waals surface area contributed by atoms with Crippen LogP contribution in [0.25, 0.3) is 11.1 Å². The Hall–Kier alpha value is -3.07. The van der Waals surface area contributed by atoms with Crippen LogP contribution in [0.15, 0.2) is 78.9 Å². The fourth-order valence-electron chi connectivity index (χ4n) is 2.83. The molecule has 3 rings (SSSR count). The largest absolute Gasteiger partial charge is 0.494 e. The first-order valence-corrected chi connectivity index (χ1v) is 8.86. The normalized spacial score (nSPS) is 11.6. The van der Waals surface area contributed by atoms with E-state index in [1.54, 1.807) is 0 Å². The van der Waals surface area contributed by atoms with Crippen LogP contribution in [0.2, 0.25) is 0 Å². The summed E-state index contributed by atoms with van der Waals surface area (Å²) in [6.07, 6.45) is 0. The lowest BCUT2D eigenvalue weighted by molar-refractivity contribution is 0.0940. The topological polar surface area (TPSA) is 38.3 Å². The van der Waals surface area contributed by atoms with Gasteiger partial charge in [-0.25, -0.2) is 0 Å². The van der Waals surface area contributed by atoms with E-state index in [4.69, 9.17) is 4.74 Å². The number of carbonyl (C=O) groups is 1. The minimum absolute atomic E-state index is 0.0769. The summed E-state index contributed by atoms with van der Waals surface area (Å²) in [4.78, 5) is 12.5. The highest BCUT2D eigenvalue weighted by atomic mass is 16.5. The zero-order valence-electron chi connectivity index (χ0n) is 15.1. The summed E-state index contributed by atoms with van der Waals surface area (Å²) in [5.74, 6) is 0.761. The van der Waals surface area contributed by atoms with Crippen molar-refractivity contribution >= 4 is 5.91 Å². The average Bonchev–Trinajstić information content (AvgIpc) is 2.69. The molecule has 0 aliphatic heterocycles. The quantitative estimate of drug-likeness (QED) is 0.663. The molecule has 0 heterocycles. The fourth-order valence-corrected chi connectivity index (χ4v) is 2.83. The molecule has 0 aliphatic rings. The minimum atomic E-state index is -0.0778. The minimum Gasteiger partial charge on any atom is -0.494 e. The van der Waals surface area contributed by atoms with Crippen molar-refractivity contribution in [3.63, 3.8) is 0 Å². The highest BCUT2D eigenvalue weighted by molar-refractivity contribution is 5.94. The predicted octanol–water partition coefficient (Wildman–Crippen LogP) is 5.24. The van der Waals surface area contributed by atoms with Gasteiger partial charge < -0.3 is 10.1 Å². The number of rotatable bonds is 6. The zero-order chi connectivity index (χ0) is 18.4. The number of amides is 1. The first kappa shape index (κ1) is 17.7. The second-order valence-corrected chi connectivity index (χ2v) is 6.14. The molecule has 0 aliphatic carbocycles. The SMILES string of the molecule is CCOc1ccc([C@@H](C)NC(=O)c2ccc(-c3ccccc3)cc2)cc1. The van der Waals surface area contributed by atoms with Gasteiger partial charge in [-0.15, -0.1) is 0 Å². The Kier molecular flexibility index (Phi) is 5.69. The maximum absolute atomic E-state index is 12.5. The van der Waals surface area contributed by atoms with E-state index in [9.17, 15) is 4.79 Å². The Morgan fingerprint density at radius 2 is 1.50 bits per heavy atom. The zero-order valence-corrected chi connectivity index (χ0v) is 15.1. The molecule has 132 valence electrons. The summed E-state index contributed by atoms with van der Waals surface area (Å²) in [6.45, 7) is 4.58. The molecule has 0 radical (unpaired) electrons. The van der Waals surface area contributed by atoms with Crippen LogP contribution >= 0.6 is 0 Å². The monoisotopic (exact) mass is 345 g/mol. The van der Waals surface area contributed by atoms with Crippen LogP contribution in [0.5, 0.6) is 5.75 Å². The number of hydrogen-bond acceptors (Lipinski definition) is 2. The second kappa shape index (κ2) is 8.34. The van der Waals surface area contributed by atoms with Crippen molar-refractivity contribution in [3.8, 4) is 16.9 Å². The predicted molar refractivity (Wildman–Crippen MR) is 105 cm³/mol. The number of nitrogens with one attached hydrogen (secondary N) is 1. The van der Waals surface area contributed by atoms with Crippen molar-refractivity contribution in [3.05, 3.63) is 90.0 Å². The summed E-state index contributed by atoms with van der Waals surface area (Å²) in [5, 5.41) is 3.04. The van der Waals surface area contributed by atoms with Gasteiger partial charge in [0.25, 0.3) is 5.91 Å². The first-order chi connectivity index (χ1) is 12.7. The Labute approximate surface area is 154 Å². The summed E-state index contributed by atoms with van der Waals surface area (Å²) < 4.78 is 5.45. The van der Waals surface area contributed by atoms with Crippen LogP contribution in [0.1, 0.15) is 35.8 Å². The van der Waals surface area contributed by atoms with E-state index in [1.165, 1.54) is 0 Å². The number of hydrogen-bond donors (Lipinski definition) is 1. The molecule has 0 saturated carbocycles. The molecule has 0 fully saturated rings. The van der Waals surface area contributed by atoms with Crippen LogP contribution in [-0.4, -0.2) is 12.5 Å². The molecule has 0 aromatic heterocycles. The lowest BCUT2D eigenvalue weighted by Crippen LogP contribution is -2.26. The fraction of sp³-hybridized carbons (Fsp3) is 0.174. The van der Waals surface area contributed by atoms with Gasteiger partial charge in [0.2, 0.25) is 0 Å². The average molecular weight is 345 g/mol. The van der Waals surface area contributed by atoms with Gasteiger partial charge in [0.05, 0.1) is 12.6 Å². The maximum Gasteiger partial charge on any atom is 0.251 e. The van der Waals surface area contributed by atoms with Gasteiger partial charge in [-0.05, 0) is 54.8 Å². The Morgan fingerprint density at radius 3 is 2.12 bits per heavy atom. The molecule has 0 spiro atoms. The van der Waals surface area contributed by atoms with E-state index in [-0.39, 0.29) is 11.9 Å². The Bertz CT molecular complexity index is 840. The molecule has 3 nitrogen and oxygen atoms in total. The number of ether oxygens (including phenoxy) is 1. The van der Waals surface area contributed by atoms with E-state index in [1.807, 2.05) is 80.6 Å². The molecular formula is C23H23NO2. The molecule has 3 aromatic rings. The highest BCUT2D eigenvalue weighted by Gasteiger charge is 2.12. The lowest BCUT2D eigenvalue weighted by atomic mass is 10.0. The van der Waals surface area contributed by atoms with Gasteiger partial charge in [-0.2, -0.15) is 0 Å². The summed E-state index contributed by atoms with van der Waals surface area (Å²) in [5.41, 5.74) is 3.94. The van der Waals surface area contributed by atoms with Crippen LogP contribution in [0, 0.1) is 0 Å². The van der Waals surface area contributed by atoms with Crippen molar-refractivity contribution < 1.29 is 9.53 Å². The van der Waals surface area contributed by atoms with Crippen LogP contribution in [-0.2, 0) is 0 Å².